The van der Waals surface area contributed by atoms with Gasteiger partial charge in [0.1, 0.15) is 0 Å². The molecule has 0 unspecified atom stereocenters. The molecule has 2 saturated heterocycles. The lowest BCUT2D eigenvalue weighted by molar-refractivity contribution is -0.127. The Morgan fingerprint density at radius 3 is 2.70 bits per heavy atom. The second-order valence-corrected chi connectivity index (χ2v) is 7.76. The lowest BCUT2D eigenvalue weighted by atomic mass is 10.1. The fourth-order valence-corrected chi connectivity index (χ4v) is 3.94. The van der Waals surface area contributed by atoms with E-state index in [1.807, 2.05) is 40.1 Å². The summed E-state index contributed by atoms with van der Waals surface area (Å²) in [7, 11) is 0. The Hall–Kier alpha value is -3.42. The molecule has 0 radical (unpaired) electrons. The summed E-state index contributed by atoms with van der Waals surface area (Å²) in [4.78, 5) is 20.8. The summed E-state index contributed by atoms with van der Waals surface area (Å²) >= 11 is 0. The van der Waals surface area contributed by atoms with E-state index in [4.69, 9.17) is 9.26 Å². The van der Waals surface area contributed by atoms with Crippen molar-refractivity contribution in [2.75, 3.05) is 44.3 Å². The number of carbonyl (C=O) groups excluding carboxylic acids is 1. The van der Waals surface area contributed by atoms with Crippen molar-refractivity contribution < 1.29 is 14.1 Å². The van der Waals surface area contributed by atoms with Crippen LogP contribution in [0.2, 0.25) is 0 Å². The van der Waals surface area contributed by atoms with Gasteiger partial charge in [0.25, 0.3) is 17.7 Å². The molecule has 0 bridgehead atoms. The van der Waals surface area contributed by atoms with E-state index in [1.54, 1.807) is 0 Å². The largest absolute Gasteiger partial charge is 0.377 e. The van der Waals surface area contributed by atoms with Gasteiger partial charge in [0.05, 0.1) is 36.5 Å². The third kappa shape index (κ3) is 2.82. The summed E-state index contributed by atoms with van der Waals surface area (Å²) in [5.41, 5.74) is 5.64. The van der Waals surface area contributed by atoms with E-state index < -0.39 is 0 Å². The normalized spacial score (nSPS) is 19.0. The van der Waals surface area contributed by atoms with E-state index in [-0.39, 0.29) is 11.9 Å². The van der Waals surface area contributed by atoms with Gasteiger partial charge in [-0.1, -0.05) is 6.07 Å². The zero-order valence-electron chi connectivity index (χ0n) is 16.3. The van der Waals surface area contributed by atoms with E-state index in [1.165, 1.54) is 0 Å². The third-order valence-corrected chi connectivity index (χ3v) is 5.92. The van der Waals surface area contributed by atoms with E-state index in [0.717, 1.165) is 28.5 Å². The summed E-state index contributed by atoms with van der Waals surface area (Å²) in [6.07, 6.45) is 4.48. The van der Waals surface area contributed by atoms with Crippen molar-refractivity contribution in [3.8, 4) is 11.5 Å². The molecule has 2 aliphatic heterocycles. The Kier molecular flexibility index (Phi) is 3.97. The van der Waals surface area contributed by atoms with Crippen LogP contribution in [0.5, 0.6) is 0 Å². The molecule has 4 heterocycles. The number of fused-ring (bicyclic) bond motifs is 1. The molecule has 30 heavy (non-hydrogen) atoms. The van der Waals surface area contributed by atoms with Crippen molar-refractivity contribution in [2.45, 2.75) is 12.5 Å². The summed E-state index contributed by atoms with van der Waals surface area (Å²) in [5.74, 6) is 1.13. The predicted octanol–water partition coefficient (Wildman–Crippen LogP) is 1.79. The monoisotopic (exact) mass is 404 g/mol. The summed E-state index contributed by atoms with van der Waals surface area (Å²) in [6.45, 7) is 4.01. The van der Waals surface area contributed by atoms with Crippen LogP contribution in [-0.2, 0) is 9.53 Å². The Bertz CT molecular complexity index is 1190. The molecule has 2 fully saturated rings. The van der Waals surface area contributed by atoms with Crippen molar-refractivity contribution in [2.24, 2.45) is 0 Å². The molecular formula is C21H20N6O3. The second-order valence-electron chi connectivity index (χ2n) is 7.76. The maximum Gasteiger partial charge on any atom is 0.266 e. The highest BCUT2D eigenvalue weighted by molar-refractivity contribution is 5.94. The number of hydrogen-bond donors (Lipinski definition) is 0. The smallest absolute Gasteiger partial charge is 0.266 e. The third-order valence-electron chi connectivity index (χ3n) is 5.92. The first kappa shape index (κ1) is 17.4. The van der Waals surface area contributed by atoms with Crippen molar-refractivity contribution in [3.63, 3.8) is 0 Å². The number of rotatable bonds is 4. The fraction of sp³-hybridized carbons (Fsp3) is 0.381. The molecule has 0 atom stereocenters. The van der Waals surface area contributed by atoms with Gasteiger partial charge in [0.2, 0.25) is 0 Å². The summed E-state index contributed by atoms with van der Waals surface area (Å²) in [5, 5.41) is 9.74. The minimum atomic E-state index is 0.0905. The molecule has 3 aromatic rings. The number of nitrogens with zero attached hydrogens (tertiary/aromatic N) is 6. The molecule has 1 aliphatic carbocycles. The topological polar surface area (TPSA) is 89.5 Å². The van der Waals surface area contributed by atoms with Gasteiger partial charge < -0.3 is 19.1 Å². The van der Waals surface area contributed by atoms with Crippen LogP contribution < -0.4 is 4.90 Å². The van der Waals surface area contributed by atoms with Crippen LogP contribution in [0.3, 0.4) is 0 Å². The quantitative estimate of drug-likeness (QED) is 0.613. The second kappa shape index (κ2) is 6.83. The minimum Gasteiger partial charge on any atom is -0.377 e. The van der Waals surface area contributed by atoms with E-state index in [2.05, 4.69) is 25.9 Å². The van der Waals surface area contributed by atoms with Crippen LogP contribution in [0.1, 0.15) is 12.5 Å². The number of hydrogen-bond acceptors (Lipinski definition) is 7. The summed E-state index contributed by atoms with van der Waals surface area (Å²) < 4.78 is 12.9. The van der Waals surface area contributed by atoms with Crippen molar-refractivity contribution in [1.29, 1.82) is 0 Å². The highest BCUT2D eigenvalue weighted by Crippen LogP contribution is 2.28. The molecule has 0 saturated carbocycles. The number of carbonyl (C=O) groups is 1. The molecule has 152 valence electrons. The van der Waals surface area contributed by atoms with Gasteiger partial charge in [-0.25, -0.2) is 0 Å². The van der Waals surface area contributed by atoms with Crippen LogP contribution in [-0.4, -0.2) is 70.1 Å². The van der Waals surface area contributed by atoms with Crippen LogP contribution in [0.15, 0.2) is 46.3 Å². The standard InChI is InChI=1S/C21H20N6O3/c28-20(14-2-1-3-14)25-6-8-26(9-7-25)21-23-19(30-24-21)15-4-5-16-11-22-27(18(16)10-15)17-12-29-13-17/h1,4-5,10-11,17H,2,6-9,12-13H2. The molecular weight excluding hydrogens is 384 g/mol. The highest BCUT2D eigenvalue weighted by Gasteiger charge is 2.27. The fourth-order valence-electron chi connectivity index (χ4n) is 3.94. The zero-order chi connectivity index (χ0) is 20.1. The lowest BCUT2D eigenvalue weighted by Crippen LogP contribution is -2.49. The first-order valence-corrected chi connectivity index (χ1v) is 10.1. The van der Waals surface area contributed by atoms with Crippen LogP contribution in [0, 0.1) is 0 Å². The Balaban J connectivity index is 1.19. The Morgan fingerprint density at radius 2 is 2.00 bits per heavy atom. The number of amides is 1. The van der Waals surface area contributed by atoms with E-state index >= 15 is 0 Å². The van der Waals surface area contributed by atoms with Crippen LogP contribution in [0.25, 0.3) is 22.4 Å². The lowest BCUT2D eigenvalue weighted by Gasteiger charge is -2.34. The average Bonchev–Trinajstić information content (AvgIpc) is 3.33. The molecule has 2 aromatic heterocycles. The first-order chi connectivity index (χ1) is 14.8. The maximum atomic E-state index is 12.3. The van der Waals surface area contributed by atoms with Crippen molar-refractivity contribution in [1.82, 2.24) is 24.8 Å². The molecule has 1 aromatic carbocycles. The molecule has 6 rings (SSSR count). The molecule has 0 spiro atoms. The number of aromatic nitrogens is 4. The molecule has 3 aliphatic rings. The number of anilines is 1. The van der Waals surface area contributed by atoms with Gasteiger partial charge in [-0.2, -0.15) is 10.1 Å². The van der Waals surface area contributed by atoms with Gasteiger partial charge in [-0.15, -0.1) is 5.73 Å². The van der Waals surface area contributed by atoms with Crippen LogP contribution in [0.4, 0.5) is 5.95 Å². The number of ether oxygens (including phenoxy) is 1. The predicted molar refractivity (Wildman–Crippen MR) is 108 cm³/mol. The van der Waals surface area contributed by atoms with Crippen molar-refractivity contribution >= 4 is 22.8 Å². The van der Waals surface area contributed by atoms with Crippen LogP contribution >= 0.6 is 0 Å². The highest BCUT2D eigenvalue weighted by atomic mass is 16.5. The maximum absolute atomic E-state index is 12.3. The average molecular weight is 404 g/mol. The minimum absolute atomic E-state index is 0.0905. The van der Waals surface area contributed by atoms with Crippen molar-refractivity contribution in [3.05, 3.63) is 41.8 Å². The van der Waals surface area contributed by atoms with Gasteiger partial charge in [0.15, 0.2) is 0 Å². The summed E-state index contributed by atoms with van der Waals surface area (Å²) in [6, 6.07) is 6.31. The molecule has 9 nitrogen and oxygen atoms in total. The van der Waals surface area contributed by atoms with Gasteiger partial charge in [-0.3, -0.25) is 9.48 Å². The number of benzene rings is 1. The SMILES string of the molecule is O=C(C1=C=CC1)N1CCN(c2noc(-c3ccc4cnn(C5COC5)c4c3)n2)CC1. The number of piperazine rings is 1. The van der Waals surface area contributed by atoms with E-state index in [9.17, 15) is 4.79 Å². The van der Waals surface area contributed by atoms with Gasteiger partial charge in [0, 0.05) is 43.5 Å². The zero-order valence-corrected chi connectivity index (χ0v) is 16.3. The molecule has 0 N–H and O–H groups in total. The Labute approximate surface area is 172 Å². The molecule has 9 heteroatoms. The first-order valence-electron chi connectivity index (χ1n) is 10.1. The van der Waals surface area contributed by atoms with E-state index in [0.29, 0.717) is 51.2 Å². The van der Waals surface area contributed by atoms with Gasteiger partial charge in [-0.05, 0) is 23.4 Å². The van der Waals surface area contributed by atoms with Gasteiger partial charge >= 0.3 is 0 Å². The Morgan fingerprint density at radius 1 is 1.17 bits per heavy atom. The molecule has 1 amide bonds.